The number of H-pyrrole nitrogens is 1. The van der Waals surface area contributed by atoms with Gasteiger partial charge in [-0.15, -0.1) is 12.4 Å². The molecule has 0 atom stereocenters. The van der Waals surface area contributed by atoms with E-state index in [1.165, 1.54) is 0 Å². The quantitative estimate of drug-likeness (QED) is 0.677. The van der Waals surface area contributed by atoms with Crippen molar-refractivity contribution in [3.63, 3.8) is 0 Å². The molecule has 0 aromatic carbocycles. The monoisotopic (exact) mass is 176 g/mol. The predicted molar refractivity (Wildman–Crippen MR) is 45.9 cm³/mol. The smallest absolute Gasteiger partial charge is 0.0921 e. The lowest BCUT2D eigenvalue weighted by atomic mass is 10.2. The van der Waals surface area contributed by atoms with Gasteiger partial charge in [-0.05, 0) is 19.3 Å². The highest BCUT2D eigenvalue weighted by atomic mass is 35.5. The van der Waals surface area contributed by atoms with Gasteiger partial charge in [-0.3, -0.25) is 0 Å². The number of imidazole rings is 1. The van der Waals surface area contributed by atoms with Crippen molar-refractivity contribution in [1.82, 2.24) is 9.97 Å². The van der Waals surface area contributed by atoms with Gasteiger partial charge in [-0.2, -0.15) is 0 Å². The molecule has 4 heteroatoms. The number of halogens is 1. The Balaban J connectivity index is 0.000001000. The first-order valence-corrected chi connectivity index (χ1v) is 3.51. The molecule has 0 saturated heterocycles. The molecule has 0 radical (unpaired) electrons. The molecule has 0 aliphatic rings. The summed E-state index contributed by atoms with van der Waals surface area (Å²) in [6.45, 7) is 0.286. The number of unbranched alkanes of at least 4 members (excludes halogenated alkanes) is 1. The lowest BCUT2D eigenvalue weighted by Crippen LogP contribution is -1.87. The lowest BCUT2D eigenvalue weighted by molar-refractivity contribution is 0.284. The Bertz CT molecular complexity index is 165. The lowest BCUT2D eigenvalue weighted by Gasteiger charge is -1.93. The number of aromatic nitrogens is 2. The summed E-state index contributed by atoms with van der Waals surface area (Å²) < 4.78 is 0. The Morgan fingerprint density at radius 2 is 2.27 bits per heavy atom. The molecule has 1 aromatic rings. The van der Waals surface area contributed by atoms with Crippen LogP contribution in [-0.4, -0.2) is 21.7 Å². The topological polar surface area (TPSA) is 48.9 Å². The van der Waals surface area contributed by atoms with Crippen LogP contribution in [0.2, 0.25) is 0 Å². The molecule has 1 aromatic heterocycles. The van der Waals surface area contributed by atoms with Crippen LogP contribution in [0.15, 0.2) is 12.5 Å². The Kier molecular flexibility index (Phi) is 5.88. The third kappa shape index (κ3) is 4.01. The van der Waals surface area contributed by atoms with Gasteiger partial charge < -0.3 is 10.1 Å². The number of aliphatic hydroxyl groups excluding tert-OH is 1. The van der Waals surface area contributed by atoms with E-state index in [-0.39, 0.29) is 19.0 Å². The summed E-state index contributed by atoms with van der Waals surface area (Å²) in [7, 11) is 0. The Labute approximate surface area is 72.3 Å². The van der Waals surface area contributed by atoms with Crippen molar-refractivity contribution in [3.8, 4) is 0 Å². The number of aryl methyl sites for hydroxylation is 1. The van der Waals surface area contributed by atoms with E-state index in [2.05, 4.69) is 9.97 Å². The maximum Gasteiger partial charge on any atom is 0.0921 e. The van der Waals surface area contributed by atoms with Gasteiger partial charge in [0.2, 0.25) is 0 Å². The zero-order valence-electron chi connectivity index (χ0n) is 6.29. The van der Waals surface area contributed by atoms with E-state index in [9.17, 15) is 0 Å². The minimum Gasteiger partial charge on any atom is -0.396 e. The predicted octanol–water partition coefficient (Wildman–Crippen LogP) is 1.15. The van der Waals surface area contributed by atoms with Gasteiger partial charge in [0.1, 0.15) is 0 Å². The van der Waals surface area contributed by atoms with Crippen LogP contribution >= 0.6 is 12.4 Å². The summed E-state index contributed by atoms with van der Waals surface area (Å²) >= 11 is 0. The molecule has 1 heterocycles. The summed E-state index contributed by atoms with van der Waals surface area (Å²) in [4.78, 5) is 6.89. The molecule has 0 spiro atoms. The highest BCUT2D eigenvalue weighted by Gasteiger charge is 1.91. The molecule has 0 fully saturated rings. The standard InChI is InChI=1S/C7H12N2O.ClH/c10-4-2-1-3-7-5-8-6-9-7;/h5-6,10H,1-4H2,(H,8,9);1H. The second kappa shape index (κ2) is 6.19. The molecule has 0 saturated carbocycles. The van der Waals surface area contributed by atoms with Gasteiger partial charge in [0, 0.05) is 18.5 Å². The number of hydrogen-bond donors (Lipinski definition) is 2. The number of aromatic amines is 1. The van der Waals surface area contributed by atoms with Gasteiger partial charge in [0.15, 0.2) is 0 Å². The first kappa shape index (κ1) is 10.5. The second-order valence-corrected chi connectivity index (χ2v) is 2.26. The number of aliphatic hydroxyl groups is 1. The number of hydrogen-bond acceptors (Lipinski definition) is 2. The summed E-state index contributed by atoms with van der Waals surface area (Å²) in [6.07, 6.45) is 6.38. The van der Waals surface area contributed by atoms with Gasteiger partial charge in [-0.1, -0.05) is 0 Å². The number of rotatable bonds is 4. The molecular weight excluding hydrogens is 164 g/mol. The minimum atomic E-state index is 0. The molecule has 0 amide bonds. The molecule has 64 valence electrons. The maximum atomic E-state index is 8.47. The van der Waals surface area contributed by atoms with Gasteiger partial charge in [0.05, 0.1) is 6.33 Å². The minimum absolute atomic E-state index is 0. The SMILES string of the molecule is Cl.OCCCCc1cnc[nH]1. The van der Waals surface area contributed by atoms with Crippen molar-refractivity contribution in [2.24, 2.45) is 0 Å². The summed E-state index contributed by atoms with van der Waals surface area (Å²) in [5.41, 5.74) is 1.15. The zero-order chi connectivity index (χ0) is 7.23. The fourth-order valence-corrected chi connectivity index (χ4v) is 0.849. The van der Waals surface area contributed by atoms with Crippen LogP contribution in [0.4, 0.5) is 0 Å². The van der Waals surface area contributed by atoms with E-state index in [1.807, 2.05) is 6.20 Å². The number of nitrogens with zero attached hydrogens (tertiary/aromatic N) is 1. The first-order valence-electron chi connectivity index (χ1n) is 3.51. The zero-order valence-corrected chi connectivity index (χ0v) is 7.10. The van der Waals surface area contributed by atoms with Crippen LogP contribution in [0, 0.1) is 0 Å². The first-order chi connectivity index (χ1) is 4.93. The third-order valence-electron chi connectivity index (χ3n) is 1.41. The van der Waals surface area contributed by atoms with Crippen LogP contribution in [0.3, 0.4) is 0 Å². The largest absolute Gasteiger partial charge is 0.396 e. The summed E-state index contributed by atoms with van der Waals surface area (Å²) in [5.74, 6) is 0. The molecule has 11 heavy (non-hydrogen) atoms. The fraction of sp³-hybridized carbons (Fsp3) is 0.571. The molecule has 0 aliphatic heterocycles. The Hall–Kier alpha value is -0.540. The van der Waals surface area contributed by atoms with E-state index in [0.29, 0.717) is 0 Å². The highest BCUT2D eigenvalue weighted by molar-refractivity contribution is 5.85. The third-order valence-corrected chi connectivity index (χ3v) is 1.41. The van der Waals surface area contributed by atoms with E-state index in [4.69, 9.17) is 5.11 Å². The van der Waals surface area contributed by atoms with Gasteiger partial charge in [-0.25, -0.2) is 4.98 Å². The molecule has 2 N–H and O–H groups in total. The average Bonchev–Trinajstić information content (AvgIpc) is 2.41. The molecule has 0 unspecified atom stereocenters. The van der Waals surface area contributed by atoms with E-state index >= 15 is 0 Å². The fourth-order valence-electron chi connectivity index (χ4n) is 0.849. The number of nitrogens with one attached hydrogen (secondary N) is 1. The summed E-state index contributed by atoms with van der Waals surface area (Å²) in [5, 5.41) is 8.47. The summed E-state index contributed by atoms with van der Waals surface area (Å²) in [6, 6.07) is 0. The van der Waals surface area contributed by atoms with E-state index in [1.54, 1.807) is 6.33 Å². The van der Waals surface area contributed by atoms with E-state index < -0.39 is 0 Å². The van der Waals surface area contributed by atoms with Crippen molar-refractivity contribution in [2.75, 3.05) is 6.61 Å². The maximum absolute atomic E-state index is 8.47. The van der Waals surface area contributed by atoms with Crippen molar-refractivity contribution in [3.05, 3.63) is 18.2 Å². The molecule has 0 bridgehead atoms. The van der Waals surface area contributed by atoms with Gasteiger partial charge >= 0.3 is 0 Å². The van der Waals surface area contributed by atoms with Crippen molar-refractivity contribution in [2.45, 2.75) is 19.3 Å². The van der Waals surface area contributed by atoms with Crippen LogP contribution < -0.4 is 0 Å². The molecule has 3 nitrogen and oxygen atoms in total. The normalized spacial score (nSPS) is 9.18. The average molecular weight is 177 g/mol. The van der Waals surface area contributed by atoms with E-state index in [0.717, 1.165) is 25.0 Å². The highest BCUT2D eigenvalue weighted by Crippen LogP contribution is 1.98. The van der Waals surface area contributed by atoms with Crippen molar-refractivity contribution in [1.29, 1.82) is 0 Å². The van der Waals surface area contributed by atoms with Crippen molar-refractivity contribution < 1.29 is 5.11 Å². The Morgan fingerprint density at radius 1 is 1.45 bits per heavy atom. The second-order valence-electron chi connectivity index (χ2n) is 2.26. The Morgan fingerprint density at radius 3 is 2.82 bits per heavy atom. The molecule has 1 rings (SSSR count). The molecule has 0 aliphatic carbocycles. The van der Waals surface area contributed by atoms with Crippen molar-refractivity contribution >= 4 is 12.4 Å². The van der Waals surface area contributed by atoms with Gasteiger partial charge in [0.25, 0.3) is 0 Å². The van der Waals surface area contributed by atoms with Crippen LogP contribution in [0.25, 0.3) is 0 Å². The van der Waals surface area contributed by atoms with Crippen LogP contribution in [0.1, 0.15) is 18.5 Å². The van der Waals surface area contributed by atoms with Crippen LogP contribution in [-0.2, 0) is 6.42 Å². The van der Waals surface area contributed by atoms with Crippen LogP contribution in [0.5, 0.6) is 0 Å². The molecular formula is C7H13ClN2O.